The van der Waals surface area contributed by atoms with Gasteiger partial charge in [-0.2, -0.15) is 11.8 Å². The zero-order valence-electron chi connectivity index (χ0n) is 15.7. The van der Waals surface area contributed by atoms with Crippen LogP contribution in [0.4, 0.5) is 0 Å². The maximum Gasteiger partial charge on any atom is 0.336 e. The standard InChI is InChI=1S/C9H22NS.C9H6O2.CH5N/c1-5-10(6-2,7-3)8-9-11-4;10-9-6-5-7-3-1-2-4-8(7)11-9;1-2/h5-9H2,1-4H3;1-6H;2H2,1H3/q+1;;. The Balaban J connectivity index is 0.000000400. The van der Waals surface area contributed by atoms with E-state index in [2.05, 4.69) is 32.8 Å². The van der Waals surface area contributed by atoms with Crippen molar-refractivity contribution in [1.29, 1.82) is 0 Å². The van der Waals surface area contributed by atoms with E-state index >= 15 is 0 Å². The molecule has 0 fully saturated rings. The Morgan fingerprint density at radius 1 is 1.00 bits per heavy atom. The first-order chi connectivity index (χ1) is 11.6. The highest BCUT2D eigenvalue weighted by atomic mass is 32.2. The number of para-hydroxylation sites is 1. The number of rotatable bonds is 6. The van der Waals surface area contributed by atoms with Gasteiger partial charge in [0, 0.05) is 17.2 Å². The molecule has 2 N–H and O–H groups in total. The third-order valence-electron chi connectivity index (χ3n) is 4.31. The summed E-state index contributed by atoms with van der Waals surface area (Å²) in [6.45, 7) is 12.1. The van der Waals surface area contributed by atoms with Gasteiger partial charge in [0.1, 0.15) is 5.58 Å². The van der Waals surface area contributed by atoms with Crippen LogP contribution in [-0.2, 0) is 0 Å². The van der Waals surface area contributed by atoms with E-state index in [1.807, 2.05) is 30.0 Å². The first kappa shape index (κ1) is 22.7. The predicted octanol–water partition coefficient (Wildman–Crippen LogP) is 3.59. The smallest absolute Gasteiger partial charge is 0.336 e. The number of nitrogens with zero attached hydrogens (tertiary/aromatic N) is 1. The van der Waals surface area contributed by atoms with E-state index in [0.29, 0.717) is 5.58 Å². The Morgan fingerprint density at radius 2 is 1.58 bits per heavy atom. The zero-order valence-corrected chi connectivity index (χ0v) is 16.6. The molecular weight excluding hydrogens is 320 g/mol. The summed E-state index contributed by atoms with van der Waals surface area (Å²) in [5.41, 5.74) is 4.84. The number of benzene rings is 1. The van der Waals surface area contributed by atoms with Gasteiger partial charge in [-0.05, 0) is 46.2 Å². The largest absolute Gasteiger partial charge is 0.423 e. The van der Waals surface area contributed by atoms with E-state index in [1.165, 1.54) is 49.5 Å². The minimum absolute atomic E-state index is 0.302. The van der Waals surface area contributed by atoms with E-state index in [1.54, 1.807) is 12.1 Å². The summed E-state index contributed by atoms with van der Waals surface area (Å²) in [6, 6.07) is 10.6. The molecule has 0 bridgehead atoms. The summed E-state index contributed by atoms with van der Waals surface area (Å²) in [7, 11) is 1.50. The molecular formula is C19H33N2O2S+. The monoisotopic (exact) mass is 353 g/mol. The molecule has 0 unspecified atom stereocenters. The van der Waals surface area contributed by atoms with E-state index in [-0.39, 0.29) is 5.63 Å². The van der Waals surface area contributed by atoms with Gasteiger partial charge in [-0.3, -0.25) is 0 Å². The molecule has 0 amide bonds. The minimum Gasteiger partial charge on any atom is -0.423 e. The SMILES string of the molecule is CC[N+](CC)(CC)CCSC.CN.O=c1ccc2ccccc2o1. The lowest BCUT2D eigenvalue weighted by atomic mass is 10.2. The van der Waals surface area contributed by atoms with Gasteiger partial charge in [0.15, 0.2) is 0 Å². The molecule has 0 radical (unpaired) electrons. The molecule has 0 spiro atoms. The van der Waals surface area contributed by atoms with Crippen molar-refractivity contribution in [3.8, 4) is 0 Å². The molecule has 1 aromatic carbocycles. The third kappa shape index (κ3) is 7.51. The van der Waals surface area contributed by atoms with Gasteiger partial charge in [0.05, 0.1) is 26.2 Å². The molecule has 0 atom stereocenters. The van der Waals surface area contributed by atoms with Gasteiger partial charge in [-0.25, -0.2) is 4.79 Å². The van der Waals surface area contributed by atoms with Crippen molar-refractivity contribution in [3.63, 3.8) is 0 Å². The van der Waals surface area contributed by atoms with E-state index in [9.17, 15) is 4.79 Å². The molecule has 2 rings (SSSR count). The van der Waals surface area contributed by atoms with Crippen molar-refractivity contribution >= 4 is 22.7 Å². The number of fused-ring (bicyclic) bond motifs is 1. The number of quaternary nitrogens is 1. The maximum absolute atomic E-state index is 10.7. The Labute approximate surface area is 150 Å². The van der Waals surface area contributed by atoms with Crippen LogP contribution in [0.5, 0.6) is 0 Å². The van der Waals surface area contributed by atoms with Crippen LogP contribution in [0.1, 0.15) is 20.8 Å². The van der Waals surface area contributed by atoms with Gasteiger partial charge in [-0.15, -0.1) is 0 Å². The van der Waals surface area contributed by atoms with Crippen LogP contribution >= 0.6 is 11.8 Å². The first-order valence-corrected chi connectivity index (χ1v) is 9.90. The normalized spacial score (nSPS) is 10.4. The second kappa shape index (κ2) is 13.0. The lowest BCUT2D eigenvalue weighted by Crippen LogP contribution is -2.48. The third-order valence-corrected chi connectivity index (χ3v) is 4.90. The average Bonchev–Trinajstić information content (AvgIpc) is 2.65. The fourth-order valence-corrected chi connectivity index (χ4v) is 3.01. The summed E-state index contributed by atoms with van der Waals surface area (Å²) in [6.07, 6.45) is 2.19. The number of nitrogens with two attached hydrogens (primary N) is 1. The highest BCUT2D eigenvalue weighted by molar-refractivity contribution is 7.98. The lowest BCUT2D eigenvalue weighted by Gasteiger charge is -2.35. The van der Waals surface area contributed by atoms with Crippen LogP contribution in [0.25, 0.3) is 11.0 Å². The Morgan fingerprint density at radius 3 is 2.12 bits per heavy atom. The Hall–Kier alpha value is -1.30. The van der Waals surface area contributed by atoms with Crippen LogP contribution in [0, 0.1) is 0 Å². The molecule has 0 aliphatic rings. The quantitative estimate of drug-likeness (QED) is 0.637. The van der Waals surface area contributed by atoms with Crippen LogP contribution in [0.3, 0.4) is 0 Å². The molecule has 1 aromatic heterocycles. The number of hydrogen-bond donors (Lipinski definition) is 1. The summed E-state index contributed by atoms with van der Waals surface area (Å²) in [5.74, 6) is 1.30. The molecule has 5 heteroatoms. The first-order valence-electron chi connectivity index (χ1n) is 8.51. The molecule has 2 aromatic rings. The molecule has 0 saturated carbocycles. The van der Waals surface area contributed by atoms with Crippen molar-refractivity contribution in [2.75, 3.05) is 45.2 Å². The van der Waals surface area contributed by atoms with Crippen molar-refractivity contribution in [2.24, 2.45) is 5.73 Å². The molecule has 136 valence electrons. The predicted molar refractivity (Wildman–Crippen MR) is 108 cm³/mol. The van der Waals surface area contributed by atoms with Gasteiger partial charge in [0.2, 0.25) is 0 Å². The fourth-order valence-electron chi connectivity index (χ4n) is 2.44. The molecule has 0 aliphatic heterocycles. The Bertz CT molecular complexity index is 601. The van der Waals surface area contributed by atoms with E-state index < -0.39 is 0 Å². The minimum atomic E-state index is -0.302. The van der Waals surface area contributed by atoms with Gasteiger partial charge < -0.3 is 14.6 Å². The summed E-state index contributed by atoms with van der Waals surface area (Å²) in [4.78, 5) is 10.7. The second-order valence-corrected chi connectivity index (χ2v) is 6.28. The van der Waals surface area contributed by atoms with E-state index in [0.717, 1.165) is 5.39 Å². The van der Waals surface area contributed by atoms with Crippen molar-refractivity contribution in [1.82, 2.24) is 0 Å². The fraction of sp³-hybridized carbons (Fsp3) is 0.526. The summed E-state index contributed by atoms with van der Waals surface area (Å²) < 4.78 is 6.20. The van der Waals surface area contributed by atoms with Gasteiger partial charge >= 0.3 is 5.63 Å². The zero-order chi connectivity index (χ0) is 18.4. The molecule has 4 nitrogen and oxygen atoms in total. The van der Waals surface area contributed by atoms with Crippen molar-refractivity contribution in [3.05, 3.63) is 46.8 Å². The van der Waals surface area contributed by atoms with Crippen LogP contribution < -0.4 is 11.4 Å². The Kier molecular flexibility index (Phi) is 12.3. The average molecular weight is 354 g/mol. The van der Waals surface area contributed by atoms with Crippen LogP contribution in [0.2, 0.25) is 0 Å². The highest BCUT2D eigenvalue weighted by Crippen LogP contribution is 2.09. The van der Waals surface area contributed by atoms with Crippen LogP contribution in [-0.4, -0.2) is 49.7 Å². The molecule has 24 heavy (non-hydrogen) atoms. The van der Waals surface area contributed by atoms with Crippen molar-refractivity contribution in [2.45, 2.75) is 20.8 Å². The van der Waals surface area contributed by atoms with Crippen LogP contribution in [0.15, 0.2) is 45.6 Å². The lowest BCUT2D eigenvalue weighted by molar-refractivity contribution is -0.920. The summed E-state index contributed by atoms with van der Waals surface area (Å²) in [5, 5.41) is 0.951. The topological polar surface area (TPSA) is 56.2 Å². The van der Waals surface area contributed by atoms with E-state index in [4.69, 9.17) is 4.42 Å². The molecule has 1 heterocycles. The number of hydrogen-bond acceptors (Lipinski definition) is 4. The van der Waals surface area contributed by atoms with Gasteiger partial charge in [0.25, 0.3) is 0 Å². The maximum atomic E-state index is 10.7. The summed E-state index contributed by atoms with van der Waals surface area (Å²) >= 11 is 1.96. The second-order valence-electron chi connectivity index (χ2n) is 5.30. The van der Waals surface area contributed by atoms with Gasteiger partial charge in [-0.1, -0.05) is 18.2 Å². The van der Waals surface area contributed by atoms with Crippen molar-refractivity contribution < 1.29 is 8.90 Å². The number of thioether (sulfide) groups is 1. The molecule has 0 aliphatic carbocycles. The highest BCUT2D eigenvalue weighted by Gasteiger charge is 2.18. The molecule has 0 saturated heterocycles.